The molecule has 0 radical (unpaired) electrons. The van der Waals surface area contributed by atoms with E-state index in [0.29, 0.717) is 5.82 Å². The van der Waals surface area contributed by atoms with Crippen molar-refractivity contribution in [2.24, 2.45) is 5.84 Å². The second-order valence-corrected chi connectivity index (χ2v) is 5.85. The highest BCUT2D eigenvalue weighted by Gasteiger charge is 2.25. The Morgan fingerprint density at radius 2 is 2.29 bits per heavy atom. The number of fused-ring (bicyclic) bond motifs is 1. The van der Waals surface area contributed by atoms with Gasteiger partial charge >= 0.3 is 5.69 Å². The van der Waals surface area contributed by atoms with E-state index in [9.17, 15) is 10.1 Å². The summed E-state index contributed by atoms with van der Waals surface area (Å²) < 4.78 is 0. The Morgan fingerprint density at radius 1 is 1.43 bits per heavy atom. The van der Waals surface area contributed by atoms with Crippen LogP contribution in [0, 0.1) is 10.1 Å². The highest BCUT2D eigenvalue weighted by Crippen LogP contribution is 2.37. The zero-order valence-electron chi connectivity index (χ0n) is 11.2. The summed E-state index contributed by atoms with van der Waals surface area (Å²) in [5.41, 5.74) is 3.58. The average molecular weight is 305 g/mol. The maximum atomic E-state index is 11.1. The molecular formula is C13H15N5O2S. The van der Waals surface area contributed by atoms with Crippen LogP contribution in [0.25, 0.3) is 0 Å². The fourth-order valence-electron chi connectivity index (χ4n) is 2.59. The molecule has 1 aliphatic carbocycles. The van der Waals surface area contributed by atoms with Crippen molar-refractivity contribution in [3.05, 3.63) is 44.1 Å². The molecule has 1 unspecified atom stereocenters. The van der Waals surface area contributed by atoms with Crippen molar-refractivity contribution in [1.29, 1.82) is 0 Å². The Bertz CT molecular complexity index is 672. The van der Waals surface area contributed by atoms with Crippen molar-refractivity contribution in [1.82, 2.24) is 4.98 Å². The Hall–Kier alpha value is -2.19. The molecule has 2 aromatic heterocycles. The SMILES string of the molecule is NNc1ccc([N+](=O)[O-])c(NC2CCCc3sccc32)n1. The summed E-state index contributed by atoms with van der Waals surface area (Å²) in [5, 5.41) is 16.4. The van der Waals surface area contributed by atoms with Crippen LogP contribution in [0.1, 0.15) is 29.3 Å². The number of anilines is 2. The number of rotatable bonds is 4. The monoisotopic (exact) mass is 305 g/mol. The van der Waals surface area contributed by atoms with E-state index in [1.807, 2.05) is 0 Å². The second kappa shape index (κ2) is 5.66. The Kier molecular flexibility index (Phi) is 3.72. The predicted molar refractivity (Wildman–Crippen MR) is 82.3 cm³/mol. The topological polar surface area (TPSA) is 106 Å². The highest BCUT2D eigenvalue weighted by molar-refractivity contribution is 7.10. The molecule has 0 amide bonds. The lowest BCUT2D eigenvalue weighted by Gasteiger charge is -2.24. The number of aryl methyl sites for hydroxylation is 1. The number of hydrazine groups is 1. The van der Waals surface area contributed by atoms with Gasteiger partial charge in [-0.15, -0.1) is 11.3 Å². The summed E-state index contributed by atoms with van der Waals surface area (Å²) >= 11 is 1.73. The molecule has 2 aromatic rings. The van der Waals surface area contributed by atoms with Crippen LogP contribution in [0.3, 0.4) is 0 Å². The summed E-state index contributed by atoms with van der Waals surface area (Å²) in [4.78, 5) is 16.2. The van der Waals surface area contributed by atoms with Gasteiger partial charge in [-0.2, -0.15) is 0 Å². The van der Waals surface area contributed by atoms with Crippen LogP contribution >= 0.6 is 11.3 Å². The minimum atomic E-state index is -0.438. The maximum Gasteiger partial charge on any atom is 0.311 e. The molecule has 0 fully saturated rings. The van der Waals surface area contributed by atoms with E-state index in [4.69, 9.17) is 5.84 Å². The van der Waals surface area contributed by atoms with Gasteiger partial charge in [0.15, 0.2) is 0 Å². The van der Waals surface area contributed by atoms with Crippen LogP contribution in [0.2, 0.25) is 0 Å². The number of pyridine rings is 1. The first-order valence-corrected chi connectivity index (χ1v) is 7.52. The Labute approximate surface area is 125 Å². The zero-order chi connectivity index (χ0) is 14.8. The highest BCUT2D eigenvalue weighted by atomic mass is 32.1. The smallest absolute Gasteiger partial charge is 0.311 e. The lowest BCUT2D eigenvalue weighted by atomic mass is 9.94. The molecule has 3 rings (SSSR count). The standard InChI is InChI=1S/C13H15N5O2S/c14-17-12-5-4-10(18(19)20)13(16-12)15-9-2-1-3-11-8(9)6-7-21-11/h4-7,9H,1-3,14H2,(H2,15,16,17). The molecule has 7 nitrogen and oxygen atoms in total. The molecule has 0 bridgehead atoms. The van der Waals surface area contributed by atoms with Crippen LogP contribution in [-0.4, -0.2) is 9.91 Å². The summed E-state index contributed by atoms with van der Waals surface area (Å²) in [6, 6.07) is 5.02. The number of thiophene rings is 1. The fourth-order valence-corrected chi connectivity index (χ4v) is 3.57. The average Bonchev–Trinajstić information content (AvgIpc) is 2.96. The van der Waals surface area contributed by atoms with Crippen LogP contribution < -0.4 is 16.6 Å². The zero-order valence-corrected chi connectivity index (χ0v) is 12.0. The first-order valence-electron chi connectivity index (χ1n) is 6.64. The lowest BCUT2D eigenvalue weighted by Crippen LogP contribution is -2.18. The molecule has 0 aromatic carbocycles. The molecule has 0 spiro atoms. The summed E-state index contributed by atoms with van der Waals surface area (Å²) in [5.74, 6) is 5.97. The van der Waals surface area contributed by atoms with Crippen LogP contribution in [0.4, 0.5) is 17.3 Å². The third-order valence-electron chi connectivity index (χ3n) is 3.58. The van der Waals surface area contributed by atoms with Gasteiger partial charge in [0.05, 0.1) is 11.0 Å². The van der Waals surface area contributed by atoms with Crippen LogP contribution in [0.5, 0.6) is 0 Å². The molecule has 2 heterocycles. The van der Waals surface area contributed by atoms with Crippen LogP contribution in [-0.2, 0) is 6.42 Å². The third kappa shape index (κ3) is 2.67. The van der Waals surface area contributed by atoms with Gasteiger partial charge in [0.2, 0.25) is 5.82 Å². The van der Waals surface area contributed by atoms with Crippen molar-refractivity contribution in [3.63, 3.8) is 0 Å². The number of nitro groups is 1. The summed E-state index contributed by atoms with van der Waals surface area (Å²) in [6.07, 6.45) is 3.07. The maximum absolute atomic E-state index is 11.1. The first kappa shape index (κ1) is 13.8. The largest absolute Gasteiger partial charge is 0.357 e. The van der Waals surface area contributed by atoms with Gasteiger partial charge in [-0.25, -0.2) is 10.8 Å². The van der Waals surface area contributed by atoms with E-state index < -0.39 is 4.92 Å². The van der Waals surface area contributed by atoms with Crippen molar-refractivity contribution in [2.75, 3.05) is 10.7 Å². The summed E-state index contributed by atoms with van der Waals surface area (Å²) in [7, 11) is 0. The third-order valence-corrected chi connectivity index (χ3v) is 4.58. The van der Waals surface area contributed by atoms with Crippen molar-refractivity contribution < 1.29 is 4.92 Å². The molecule has 1 atom stereocenters. The molecule has 0 saturated heterocycles. The van der Waals surface area contributed by atoms with Crippen LogP contribution in [0.15, 0.2) is 23.6 Å². The number of hydrogen-bond acceptors (Lipinski definition) is 7. The van der Waals surface area contributed by atoms with E-state index in [2.05, 4.69) is 27.2 Å². The van der Waals surface area contributed by atoms with Gasteiger partial charge in [0.1, 0.15) is 5.82 Å². The van der Waals surface area contributed by atoms with Gasteiger partial charge in [0, 0.05) is 10.9 Å². The van der Waals surface area contributed by atoms with Crippen molar-refractivity contribution in [2.45, 2.75) is 25.3 Å². The number of nitrogens with two attached hydrogens (primary N) is 1. The first-order chi connectivity index (χ1) is 10.2. The molecule has 110 valence electrons. The Balaban J connectivity index is 1.93. The van der Waals surface area contributed by atoms with Gasteiger partial charge in [0.25, 0.3) is 0 Å². The normalized spacial score (nSPS) is 17.1. The molecule has 4 N–H and O–H groups in total. The number of nitrogen functional groups attached to an aromatic ring is 1. The van der Waals surface area contributed by atoms with Gasteiger partial charge in [-0.1, -0.05) is 0 Å². The minimum Gasteiger partial charge on any atom is -0.357 e. The van der Waals surface area contributed by atoms with Crippen molar-refractivity contribution >= 4 is 28.7 Å². The van der Waals surface area contributed by atoms with E-state index in [1.165, 1.54) is 22.6 Å². The van der Waals surface area contributed by atoms with Gasteiger partial charge in [-0.3, -0.25) is 10.1 Å². The molecule has 0 saturated carbocycles. The minimum absolute atomic E-state index is 0.0450. The number of aromatic nitrogens is 1. The Morgan fingerprint density at radius 3 is 3.05 bits per heavy atom. The predicted octanol–water partition coefficient (Wildman–Crippen LogP) is 2.83. The van der Waals surface area contributed by atoms with Crippen molar-refractivity contribution in [3.8, 4) is 0 Å². The van der Waals surface area contributed by atoms with E-state index in [1.54, 1.807) is 11.3 Å². The van der Waals surface area contributed by atoms with E-state index in [0.717, 1.165) is 19.3 Å². The molecule has 21 heavy (non-hydrogen) atoms. The molecule has 1 aliphatic rings. The van der Waals surface area contributed by atoms with Gasteiger partial charge < -0.3 is 10.7 Å². The molecular weight excluding hydrogens is 290 g/mol. The summed E-state index contributed by atoms with van der Waals surface area (Å²) in [6.45, 7) is 0. The quantitative estimate of drug-likeness (QED) is 0.455. The van der Waals surface area contributed by atoms with Gasteiger partial charge in [-0.05, 0) is 42.3 Å². The number of nitrogens with zero attached hydrogens (tertiary/aromatic N) is 2. The number of nitrogens with one attached hydrogen (secondary N) is 2. The second-order valence-electron chi connectivity index (χ2n) is 4.85. The number of hydrogen-bond donors (Lipinski definition) is 3. The molecule has 0 aliphatic heterocycles. The van der Waals surface area contributed by atoms with E-state index >= 15 is 0 Å². The fraction of sp³-hybridized carbons (Fsp3) is 0.308. The lowest BCUT2D eigenvalue weighted by molar-refractivity contribution is -0.384. The van der Waals surface area contributed by atoms with E-state index in [-0.39, 0.29) is 17.5 Å². The molecule has 8 heteroatoms.